The van der Waals surface area contributed by atoms with Crippen molar-refractivity contribution in [3.8, 4) is 0 Å². The fourth-order valence-corrected chi connectivity index (χ4v) is 2.45. The van der Waals surface area contributed by atoms with Crippen LogP contribution in [-0.4, -0.2) is 13.2 Å². The first kappa shape index (κ1) is 16.3. The predicted octanol–water partition coefficient (Wildman–Crippen LogP) is 4.65. The van der Waals surface area contributed by atoms with Crippen molar-refractivity contribution >= 4 is 0 Å². The van der Waals surface area contributed by atoms with Crippen molar-refractivity contribution in [2.75, 3.05) is 13.2 Å². The van der Waals surface area contributed by atoms with Gasteiger partial charge in [0.2, 0.25) is 0 Å². The van der Waals surface area contributed by atoms with E-state index < -0.39 is 23.7 Å². The van der Waals surface area contributed by atoms with Gasteiger partial charge >= 0.3 is 0 Å². The molecule has 2 nitrogen and oxygen atoms in total. The molecule has 0 spiro atoms. The summed E-state index contributed by atoms with van der Waals surface area (Å²) in [5, 5.41) is 0. The lowest BCUT2D eigenvalue weighted by Gasteiger charge is -2.30. The van der Waals surface area contributed by atoms with E-state index in [1.54, 1.807) is 0 Å². The van der Waals surface area contributed by atoms with Crippen LogP contribution in [0.2, 0.25) is 0 Å². The lowest BCUT2D eigenvalue weighted by atomic mass is 10.0. The van der Waals surface area contributed by atoms with Crippen LogP contribution in [0.1, 0.15) is 50.0 Å². The normalized spacial score (nSPS) is 22.5. The van der Waals surface area contributed by atoms with E-state index in [-0.39, 0.29) is 17.0 Å². The molecule has 1 aromatic rings. The lowest BCUT2D eigenvalue weighted by Crippen LogP contribution is -2.28. The molecule has 1 aliphatic rings. The number of benzene rings is 1. The Balaban J connectivity index is 1.99. The number of halogens is 3. The monoisotopic (exact) mass is 302 g/mol. The summed E-state index contributed by atoms with van der Waals surface area (Å²) >= 11 is 0. The highest BCUT2D eigenvalue weighted by Crippen LogP contribution is 2.31. The van der Waals surface area contributed by atoms with E-state index in [9.17, 15) is 13.2 Å². The van der Waals surface area contributed by atoms with Crippen LogP contribution in [0, 0.1) is 30.3 Å². The van der Waals surface area contributed by atoms with Crippen LogP contribution in [0.25, 0.3) is 0 Å². The molecule has 1 saturated heterocycles. The number of unbranched alkanes of at least 4 members (excludes halogenated alkanes) is 2. The summed E-state index contributed by atoms with van der Waals surface area (Å²) in [5.74, 6) is -2.80. The third kappa shape index (κ3) is 3.77. The van der Waals surface area contributed by atoms with Crippen LogP contribution in [0.5, 0.6) is 0 Å². The van der Waals surface area contributed by atoms with Crippen molar-refractivity contribution in [1.82, 2.24) is 0 Å². The van der Waals surface area contributed by atoms with Crippen molar-refractivity contribution < 1.29 is 22.6 Å². The van der Waals surface area contributed by atoms with Crippen LogP contribution in [0.15, 0.2) is 6.07 Å². The van der Waals surface area contributed by atoms with Gasteiger partial charge in [0.1, 0.15) is 5.82 Å². The molecule has 0 radical (unpaired) electrons. The Morgan fingerprint density at radius 3 is 2.38 bits per heavy atom. The van der Waals surface area contributed by atoms with E-state index in [0.29, 0.717) is 13.2 Å². The SMILES string of the molecule is CCCCC[C@H]1CO[C@H](c2cc(F)c(C)c(F)c2F)OC1. The van der Waals surface area contributed by atoms with E-state index in [0.717, 1.165) is 31.7 Å². The summed E-state index contributed by atoms with van der Waals surface area (Å²) in [7, 11) is 0. The number of hydrogen-bond acceptors (Lipinski definition) is 2. The van der Waals surface area contributed by atoms with Gasteiger partial charge in [-0.2, -0.15) is 0 Å². The molecule has 1 aliphatic heterocycles. The second-order valence-electron chi connectivity index (χ2n) is 5.56. The Morgan fingerprint density at radius 1 is 1.10 bits per heavy atom. The number of ether oxygens (including phenoxy) is 2. The van der Waals surface area contributed by atoms with Gasteiger partial charge in [-0.25, -0.2) is 13.2 Å². The van der Waals surface area contributed by atoms with Crippen molar-refractivity contribution in [3.05, 3.63) is 34.6 Å². The average Bonchev–Trinajstić information content (AvgIpc) is 2.50. The molecule has 0 aromatic heterocycles. The first-order valence-electron chi connectivity index (χ1n) is 7.41. The standard InChI is InChI=1S/C16H21F3O2/c1-3-4-5-6-11-8-20-16(21-9-11)12-7-13(17)10(2)14(18)15(12)19/h7,11,16H,3-6,8-9H2,1-2H3/t11-,16-. The molecule has 0 N–H and O–H groups in total. The molecule has 118 valence electrons. The van der Waals surface area contributed by atoms with Crippen LogP contribution in [0.3, 0.4) is 0 Å². The molecular weight excluding hydrogens is 281 g/mol. The predicted molar refractivity (Wildman–Crippen MR) is 73.3 cm³/mol. The highest BCUT2D eigenvalue weighted by Gasteiger charge is 2.28. The van der Waals surface area contributed by atoms with Crippen molar-refractivity contribution in [2.45, 2.75) is 45.8 Å². The van der Waals surface area contributed by atoms with Gasteiger partial charge in [-0.3, -0.25) is 0 Å². The van der Waals surface area contributed by atoms with Crippen molar-refractivity contribution in [3.63, 3.8) is 0 Å². The summed E-state index contributed by atoms with van der Waals surface area (Å²) in [6, 6.07) is 0.954. The maximum Gasteiger partial charge on any atom is 0.186 e. The maximum atomic E-state index is 13.9. The molecule has 1 fully saturated rings. The highest BCUT2D eigenvalue weighted by atomic mass is 19.2. The highest BCUT2D eigenvalue weighted by molar-refractivity contribution is 5.28. The first-order valence-corrected chi connectivity index (χ1v) is 7.41. The Hall–Kier alpha value is -1.07. The molecule has 2 rings (SSSR count). The molecule has 1 heterocycles. The molecule has 0 unspecified atom stereocenters. The second-order valence-corrected chi connectivity index (χ2v) is 5.56. The van der Waals surface area contributed by atoms with Gasteiger partial charge in [0.15, 0.2) is 17.9 Å². The molecule has 5 heteroatoms. The van der Waals surface area contributed by atoms with Gasteiger partial charge in [-0.1, -0.05) is 26.2 Å². The molecule has 0 saturated carbocycles. The van der Waals surface area contributed by atoms with Gasteiger partial charge in [-0.15, -0.1) is 0 Å². The van der Waals surface area contributed by atoms with E-state index in [2.05, 4.69) is 6.92 Å². The largest absolute Gasteiger partial charge is 0.348 e. The Kier molecular flexibility index (Phi) is 5.65. The molecule has 0 bridgehead atoms. The average molecular weight is 302 g/mol. The lowest BCUT2D eigenvalue weighted by molar-refractivity contribution is -0.207. The topological polar surface area (TPSA) is 18.5 Å². The fraction of sp³-hybridized carbons (Fsp3) is 0.625. The van der Waals surface area contributed by atoms with E-state index >= 15 is 0 Å². The third-order valence-electron chi connectivity index (χ3n) is 3.85. The zero-order valence-electron chi connectivity index (χ0n) is 12.4. The number of rotatable bonds is 5. The van der Waals surface area contributed by atoms with E-state index in [1.807, 2.05) is 0 Å². The molecular formula is C16H21F3O2. The summed E-state index contributed by atoms with van der Waals surface area (Å²) in [4.78, 5) is 0. The van der Waals surface area contributed by atoms with Crippen molar-refractivity contribution in [1.29, 1.82) is 0 Å². The zero-order valence-corrected chi connectivity index (χ0v) is 12.4. The molecule has 0 aliphatic carbocycles. The summed E-state index contributed by atoms with van der Waals surface area (Å²) in [6.07, 6.45) is 3.35. The minimum absolute atomic E-state index is 0.206. The van der Waals surface area contributed by atoms with Crippen LogP contribution < -0.4 is 0 Å². The quantitative estimate of drug-likeness (QED) is 0.582. The Bertz CT molecular complexity index is 483. The summed E-state index contributed by atoms with van der Waals surface area (Å²) in [5.41, 5.74) is -0.535. The summed E-state index contributed by atoms with van der Waals surface area (Å²) < 4.78 is 51.9. The van der Waals surface area contributed by atoms with Crippen LogP contribution in [0.4, 0.5) is 13.2 Å². The minimum atomic E-state index is -1.18. The zero-order chi connectivity index (χ0) is 15.4. The third-order valence-corrected chi connectivity index (χ3v) is 3.85. The Labute approximate surface area is 123 Å². The summed E-state index contributed by atoms with van der Waals surface area (Å²) in [6.45, 7) is 4.17. The van der Waals surface area contributed by atoms with Gasteiger partial charge in [0, 0.05) is 17.0 Å². The van der Waals surface area contributed by atoms with E-state index in [1.165, 1.54) is 6.92 Å². The van der Waals surface area contributed by atoms with Gasteiger partial charge in [0.05, 0.1) is 13.2 Å². The number of hydrogen-bond donors (Lipinski definition) is 0. The molecule has 21 heavy (non-hydrogen) atoms. The molecule has 0 amide bonds. The fourth-order valence-electron chi connectivity index (χ4n) is 2.45. The van der Waals surface area contributed by atoms with Gasteiger partial charge in [0.25, 0.3) is 0 Å². The maximum absolute atomic E-state index is 13.9. The second kappa shape index (κ2) is 7.27. The Morgan fingerprint density at radius 2 is 1.76 bits per heavy atom. The molecule has 0 atom stereocenters. The molecule has 1 aromatic carbocycles. The van der Waals surface area contributed by atoms with Crippen LogP contribution in [-0.2, 0) is 9.47 Å². The van der Waals surface area contributed by atoms with Gasteiger partial charge in [-0.05, 0) is 19.4 Å². The van der Waals surface area contributed by atoms with Gasteiger partial charge < -0.3 is 9.47 Å². The van der Waals surface area contributed by atoms with Crippen molar-refractivity contribution in [2.24, 2.45) is 5.92 Å². The van der Waals surface area contributed by atoms with Crippen LogP contribution >= 0.6 is 0 Å². The van der Waals surface area contributed by atoms with E-state index in [4.69, 9.17) is 9.47 Å². The minimum Gasteiger partial charge on any atom is -0.348 e. The first-order chi connectivity index (χ1) is 10.0. The smallest absolute Gasteiger partial charge is 0.186 e.